The summed E-state index contributed by atoms with van der Waals surface area (Å²) in [6.07, 6.45) is 8.24. The van der Waals surface area contributed by atoms with Crippen LogP contribution in [0.4, 0.5) is 28.4 Å². The normalized spacial score (nSPS) is 17.5. The maximum atomic E-state index is 2.49. The zero-order valence-corrected chi connectivity index (χ0v) is 19.1. The van der Waals surface area contributed by atoms with Gasteiger partial charge in [0.25, 0.3) is 0 Å². The molecule has 0 amide bonds. The summed E-state index contributed by atoms with van der Waals surface area (Å²) in [5, 5.41) is 0. The van der Waals surface area contributed by atoms with Crippen LogP contribution in [-0.2, 0) is 0 Å². The molecule has 0 radical (unpaired) electrons. The van der Waals surface area contributed by atoms with Crippen LogP contribution in [0.3, 0.4) is 0 Å². The molecular weight excluding hydrogens is 400 g/mol. The molecule has 2 heteroatoms. The number of hydrogen-bond acceptors (Lipinski definition) is 2. The summed E-state index contributed by atoms with van der Waals surface area (Å²) in [6.45, 7) is 2.35. The van der Waals surface area contributed by atoms with Crippen LogP contribution in [0.15, 0.2) is 127 Å². The van der Waals surface area contributed by atoms with Crippen LogP contribution in [0.1, 0.15) is 26.2 Å². The zero-order valence-electron chi connectivity index (χ0n) is 19.1. The Hall–Kier alpha value is -3.78. The van der Waals surface area contributed by atoms with Crippen molar-refractivity contribution in [3.05, 3.63) is 127 Å². The van der Waals surface area contributed by atoms with Gasteiger partial charge in [0.15, 0.2) is 0 Å². The minimum Gasteiger partial charge on any atom is -0.332 e. The van der Waals surface area contributed by atoms with E-state index in [0.29, 0.717) is 0 Å². The van der Waals surface area contributed by atoms with E-state index in [1.165, 1.54) is 24.2 Å². The number of nitrogens with zero attached hydrogens (tertiary/aromatic N) is 2. The number of rotatable bonds is 6. The monoisotopic (exact) mass is 430 g/mol. The summed E-state index contributed by atoms with van der Waals surface area (Å²) in [4.78, 5) is 4.79. The van der Waals surface area contributed by atoms with E-state index in [1.54, 1.807) is 0 Å². The fraction of sp³-hybridized carbons (Fsp3) is 0.161. The van der Waals surface area contributed by atoms with Gasteiger partial charge in [-0.05, 0) is 86.8 Å². The van der Waals surface area contributed by atoms with Crippen LogP contribution < -0.4 is 9.80 Å². The SMILES string of the molecule is CC1(N(c2ccccc2)c2ccc(N(c3ccccc3)c3ccccc3)cc2)C=CCCC1. The first kappa shape index (κ1) is 21.1. The predicted molar refractivity (Wildman–Crippen MR) is 141 cm³/mol. The van der Waals surface area contributed by atoms with Gasteiger partial charge in [-0.1, -0.05) is 66.7 Å². The highest BCUT2D eigenvalue weighted by Crippen LogP contribution is 2.41. The standard InChI is InChI=1S/C31H30N2/c1-31(24-12-5-13-25-31)33(29-18-10-4-11-19-29)30-22-20-28(21-23-30)32(26-14-6-2-7-15-26)27-16-8-3-9-17-27/h2-4,6-12,14-24H,5,13,25H2,1H3. The Morgan fingerprint density at radius 1 is 0.545 bits per heavy atom. The molecule has 164 valence electrons. The second-order valence-electron chi connectivity index (χ2n) is 8.85. The van der Waals surface area contributed by atoms with E-state index in [1.807, 2.05) is 0 Å². The van der Waals surface area contributed by atoms with E-state index in [4.69, 9.17) is 0 Å². The van der Waals surface area contributed by atoms with Crippen LogP contribution >= 0.6 is 0 Å². The highest BCUT2D eigenvalue weighted by atomic mass is 15.2. The van der Waals surface area contributed by atoms with Crippen molar-refractivity contribution in [2.75, 3.05) is 9.80 Å². The molecule has 0 bridgehead atoms. The van der Waals surface area contributed by atoms with Gasteiger partial charge in [-0.15, -0.1) is 0 Å². The predicted octanol–water partition coefficient (Wildman–Crippen LogP) is 8.79. The highest BCUT2D eigenvalue weighted by molar-refractivity contribution is 5.78. The first-order valence-electron chi connectivity index (χ1n) is 11.8. The molecule has 1 aliphatic rings. The molecular formula is C31H30N2. The largest absolute Gasteiger partial charge is 0.332 e. The van der Waals surface area contributed by atoms with Gasteiger partial charge in [-0.3, -0.25) is 0 Å². The van der Waals surface area contributed by atoms with Gasteiger partial charge in [0.1, 0.15) is 0 Å². The van der Waals surface area contributed by atoms with E-state index < -0.39 is 0 Å². The van der Waals surface area contributed by atoms with Crippen LogP contribution in [0, 0.1) is 0 Å². The van der Waals surface area contributed by atoms with Crippen LogP contribution in [0.2, 0.25) is 0 Å². The second-order valence-corrected chi connectivity index (χ2v) is 8.85. The molecule has 1 aliphatic carbocycles. The Bertz CT molecular complexity index is 1140. The van der Waals surface area contributed by atoms with Gasteiger partial charge in [-0.2, -0.15) is 0 Å². The zero-order chi connectivity index (χ0) is 22.5. The molecule has 5 rings (SSSR count). The van der Waals surface area contributed by atoms with Crippen molar-refractivity contribution in [2.45, 2.75) is 31.7 Å². The van der Waals surface area contributed by atoms with Crippen LogP contribution in [0.5, 0.6) is 0 Å². The summed E-state index contributed by atoms with van der Waals surface area (Å²) < 4.78 is 0. The van der Waals surface area contributed by atoms with Crippen molar-refractivity contribution in [2.24, 2.45) is 0 Å². The Balaban J connectivity index is 1.56. The smallest absolute Gasteiger partial charge is 0.0605 e. The third-order valence-corrected chi connectivity index (χ3v) is 6.45. The topological polar surface area (TPSA) is 6.48 Å². The van der Waals surface area contributed by atoms with Crippen molar-refractivity contribution in [1.29, 1.82) is 0 Å². The summed E-state index contributed by atoms with van der Waals surface area (Å²) in [7, 11) is 0. The summed E-state index contributed by atoms with van der Waals surface area (Å²) in [5.74, 6) is 0. The van der Waals surface area contributed by atoms with Gasteiger partial charge in [0, 0.05) is 28.4 Å². The Morgan fingerprint density at radius 2 is 0.970 bits per heavy atom. The molecule has 0 saturated heterocycles. The fourth-order valence-electron chi connectivity index (χ4n) is 4.85. The number of anilines is 5. The van der Waals surface area contributed by atoms with E-state index in [0.717, 1.165) is 23.5 Å². The van der Waals surface area contributed by atoms with Gasteiger partial charge >= 0.3 is 0 Å². The summed E-state index contributed by atoms with van der Waals surface area (Å²) in [6, 6.07) is 40.9. The third-order valence-electron chi connectivity index (χ3n) is 6.45. The molecule has 0 aromatic heterocycles. The minimum absolute atomic E-state index is 0.0420. The molecule has 0 heterocycles. The fourth-order valence-corrected chi connectivity index (χ4v) is 4.85. The molecule has 0 spiro atoms. The number of para-hydroxylation sites is 3. The Labute approximate surface area is 197 Å². The van der Waals surface area contributed by atoms with E-state index >= 15 is 0 Å². The van der Waals surface area contributed by atoms with Crippen molar-refractivity contribution in [3.8, 4) is 0 Å². The maximum Gasteiger partial charge on any atom is 0.0605 e. The summed E-state index contributed by atoms with van der Waals surface area (Å²) >= 11 is 0. The average Bonchev–Trinajstić information content (AvgIpc) is 2.88. The quantitative estimate of drug-likeness (QED) is 0.282. The lowest BCUT2D eigenvalue weighted by molar-refractivity contribution is 0.482. The van der Waals surface area contributed by atoms with Crippen LogP contribution in [-0.4, -0.2) is 5.54 Å². The molecule has 4 aromatic rings. The molecule has 33 heavy (non-hydrogen) atoms. The molecule has 0 N–H and O–H groups in total. The molecule has 0 aliphatic heterocycles. The first-order valence-corrected chi connectivity index (χ1v) is 11.8. The molecule has 4 aromatic carbocycles. The van der Waals surface area contributed by atoms with Gasteiger partial charge < -0.3 is 9.80 Å². The molecule has 2 nitrogen and oxygen atoms in total. The Morgan fingerprint density at radius 3 is 1.45 bits per heavy atom. The third kappa shape index (κ3) is 4.42. The van der Waals surface area contributed by atoms with Crippen molar-refractivity contribution in [1.82, 2.24) is 0 Å². The van der Waals surface area contributed by atoms with E-state index in [-0.39, 0.29) is 5.54 Å². The lowest BCUT2D eigenvalue weighted by Gasteiger charge is -2.43. The van der Waals surface area contributed by atoms with E-state index in [9.17, 15) is 0 Å². The first-order chi connectivity index (χ1) is 16.2. The minimum atomic E-state index is -0.0420. The molecule has 0 saturated carbocycles. The van der Waals surface area contributed by atoms with Crippen molar-refractivity contribution >= 4 is 28.4 Å². The average molecular weight is 431 g/mol. The van der Waals surface area contributed by atoms with Gasteiger partial charge in [0.05, 0.1) is 5.54 Å². The van der Waals surface area contributed by atoms with Crippen LogP contribution in [0.25, 0.3) is 0 Å². The van der Waals surface area contributed by atoms with Gasteiger partial charge in [0.2, 0.25) is 0 Å². The maximum absolute atomic E-state index is 2.49. The number of benzene rings is 4. The Kier molecular flexibility index (Phi) is 5.99. The van der Waals surface area contributed by atoms with Crippen molar-refractivity contribution < 1.29 is 0 Å². The van der Waals surface area contributed by atoms with Gasteiger partial charge in [-0.25, -0.2) is 0 Å². The summed E-state index contributed by atoms with van der Waals surface area (Å²) in [5.41, 5.74) is 5.84. The highest BCUT2D eigenvalue weighted by Gasteiger charge is 2.32. The molecule has 0 fully saturated rings. The van der Waals surface area contributed by atoms with Crippen molar-refractivity contribution in [3.63, 3.8) is 0 Å². The number of hydrogen-bond donors (Lipinski definition) is 0. The number of allylic oxidation sites excluding steroid dienone is 1. The van der Waals surface area contributed by atoms with E-state index in [2.05, 4.69) is 144 Å². The lowest BCUT2D eigenvalue weighted by Crippen LogP contribution is -2.42. The molecule has 1 atom stereocenters. The lowest BCUT2D eigenvalue weighted by atomic mass is 9.86. The molecule has 1 unspecified atom stereocenters. The second kappa shape index (κ2) is 9.38.